The zero-order chi connectivity index (χ0) is 17.3. The third-order valence-corrected chi connectivity index (χ3v) is 5.85. The first-order valence-corrected chi connectivity index (χ1v) is 9.74. The van der Waals surface area contributed by atoms with Crippen molar-refractivity contribution in [2.24, 2.45) is 0 Å². The Kier molecular flexibility index (Phi) is 5.52. The molecule has 5 heteroatoms. The van der Waals surface area contributed by atoms with E-state index in [1.165, 1.54) is 16.8 Å². The van der Waals surface area contributed by atoms with Crippen molar-refractivity contribution in [3.8, 4) is 5.75 Å². The molecule has 0 amide bonds. The van der Waals surface area contributed by atoms with Gasteiger partial charge < -0.3 is 10.0 Å². The summed E-state index contributed by atoms with van der Waals surface area (Å²) in [5, 5.41) is 10.2. The lowest BCUT2D eigenvalue weighted by Crippen LogP contribution is -2.46. The van der Waals surface area contributed by atoms with Gasteiger partial charge >= 0.3 is 0 Å². The van der Waals surface area contributed by atoms with Gasteiger partial charge in [0.05, 0.1) is 4.47 Å². The van der Waals surface area contributed by atoms with Crippen molar-refractivity contribution in [2.75, 3.05) is 31.1 Å². The van der Waals surface area contributed by atoms with E-state index in [-0.39, 0.29) is 0 Å². The zero-order valence-corrected chi connectivity index (χ0v) is 17.2. The predicted molar refractivity (Wildman–Crippen MR) is 107 cm³/mol. The number of nitrogens with zero attached hydrogens (tertiary/aromatic N) is 2. The molecule has 2 aromatic rings. The largest absolute Gasteiger partial charge is 0.506 e. The van der Waals surface area contributed by atoms with Crippen LogP contribution in [0.1, 0.15) is 16.7 Å². The summed E-state index contributed by atoms with van der Waals surface area (Å²) in [6, 6.07) is 10.4. The summed E-state index contributed by atoms with van der Waals surface area (Å²) in [7, 11) is 0. The van der Waals surface area contributed by atoms with Crippen molar-refractivity contribution >= 4 is 37.5 Å². The molecule has 0 atom stereocenters. The monoisotopic (exact) mass is 452 g/mol. The van der Waals surface area contributed by atoms with Gasteiger partial charge in [0, 0.05) is 48.4 Å². The summed E-state index contributed by atoms with van der Waals surface area (Å²) in [5.41, 5.74) is 5.03. The van der Waals surface area contributed by atoms with Crippen LogP contribution in [0.3, 0.4) is 0 Å². The van der Waals surface area contributed by atoms with Gasteiger partial charge in [-0.1, -0.05) is 28.1 Å². The fourth-order valence-corrected chi connectivity index (χ4v) is 4.52. The number of hydrogen-bond donors (Lipinski definition) is 1. The van der Waals surface area contributed by atoms with Crippen LogP contribution in [0, 0.1) is 13.8 Å². The molecule has 1 fully saturated rings. The molecule has 24 heavy (non-hydrogen) atoms. The minimum Gasteiger partial charge on any atom is -0.506 e. The van der Waals surface area contributed by atoms with E-state index in [4.69, 9.17) is 0 Å². The quantitative estimate of drug-likeness (QED) is 0.718. The van der Waals surface area contributed by atoms with E-state index < -0.39 is 0 Å². The third kappa shape index (κ3) is 3.79. The SMILES string of the molecule is Cc1cccc(N2CCN(Cc3cc(Br)cc(Br)c3O)CC2)c1C. The minimum absolute atomic E-state index is 0.343. The van der Waals surface area contributed by atoms with Gasteiger partial charge in [0.25, 0.3) is 0 Å². The highest BCUT2D eigenvalue weighted by atomic mass is 79.9. The van der Waals surface area contributed by atoms with E-state index in [2.05, 4.69) is 73.7 Å². The normalized spacial score (nSPS) is 15.8. The number of benzene rings is 2. The molecule has 0 radical (unpaired) electrons. The Hall–Kier alpha value is -1.04. The molecule has 1 heterocycles. The smallest absolute Gasteiger partial charge is 0.134 e. The first-order valence-electron chi connectivity index (χ1n) is 8.16. The Balaban J connectivity index is 1.67. The Bertz CT molecular complexity index is 740. The van der Waals surface area contributed by atoms with Crippen LogP contribution in [0.4, 0.5) is 5.69 Å². The molecule has 3 nitrogen and oxygen atoms in total. The topological polar surface area (TPSA) is 26.7 Å². The van der Waals surface area contributed by atoms with Crippen molar-refractivity contribution in [1.82, 2.24) is 4.90 Å². The van der Waals surface area contributed by atoms with Gasteiger partial charge in [-0.3, -0.25) is 4.90 Å². The maximum Gasteiger partial charge on any atom is 0.134 e. The van der Waals surface area contributed by atoms with Crippen LogP contribution in [0.25, 0.3) is 0 Å². The standard InChI is InChI=1S/C19H22Br2N2O/c1-13-4-3-5-18(14(13)2)23-8-6-22(7-9-23)12-15-10-16(20)11-17(21)19(15)24/h3-5,10-11,24H,6-9,12H2,1-2H3. The first kappa shape index (κ1) is 17.8. The third-order valence-electron chi connectivity index (χ3n) is 4.79. The molecular formula is C19H22Br2N2O. The molecule has 0 spiro atoms. The Morgan fingerprint density at radius 1 is 1.04 bits per heavy atom. The Morgan fingerprint density at radius 2 is 1.75 bits per heavy atom. The van der Waals surface area contributed by atoms with Gasteiger partial charge in [0.15, 0.2) is 0 Å². The van der Waals surface area contributed by atoms with Gasteiger partial charge in [-0.2, -0.15) is 0 Å². The molecule has 0 aliphatic carbocycles. The van der Waals surface area contributed by atoms with Crippen molar-refractivity contribution in [3.63, 3.8) is 0 Å². The van der Waals surface area contributed by atoms with E-state index in [1.807, 2.05) is 12.1 Å². The Morgan fingerprint density at radius 3 is 2.46 bits per heavy atom. The fourth-order valence-electron chi connectivity index (χ4n) is 3.21. The molecule has 2 aromatic carbocycles. The summed E-state index contributed by atoms with van der Waals surface area (Å²) in [6.45, 7) is 9.16. The summed E-state index contributed by atoms with van der Waals surface area (Å²) in [5.74, 6) is 0.343. The number of anilines is 1. The van der Waals surface area contributed by atoms with E-state index in [0.29, 0.717) is 5.75 Å². The van der Waals surface area contributed by atoms with E-state index in [9.17, 15) is 5.11 Å². The van der Waals surface area contributed by atoms with Gasteiger partial charge in [-0.15, -0.1) is 0 Å². The van der Waals surface area contributed by atoms with E-state index in [0.717, 1.165) is 47.2 Å². The summed E-state index contributed by atoms with van der Waals surface area (Å²) < 4.78 is 1.72. The highest BCUT2D eigenvalue weighted by Gasteiger charge is 2.20. The number of aryl methyl sites for hydroxylation is 1. The van der Waals surface area contributed by atoms with Crippen LogP contribution in [0.5, 0.6) is 5.75 Å². The molecule has 0 aromatic heterocycles. The second kappa shape index (κ2) is 7.46. The second-order valence-corrected chi connectivity index (χ2v) is 8.15. The molecule has 1 aliphatic rings. The maximum atomic E-state index is 10.2. The van der Waals surface area contributed by atoms with E-state index >= 15 is 0 Å². The number of halogens is 2. The molecule has 1 N–H and O–H groups in total. The number of rotatable bonds is 3. The van der Waals surface area contributed by atoms with Crippen LogP contribution in [0.15, 0.2) is 39.3 Å². The van der Waals surface area contributed by atoms with Crippen LogP contribution in [0.2, 0.25) is 0 Å². The fraction of sp³-hybridized carbons (Fsp3) is 0.368. The average molecular weight is 454 g/mol. The highest BCUT2D eigenvalue weighted by Crippen LogP contribution is 2.33. The highest BCUT2D eigenvalue weighted by molar-refractivity contribution is 9.11. The molecule has 1 saturated heterocycles. The van der Waals surface area contributed by atoms with Crippen molar-refractivity contribution in [2.45, 2.75) is 20.4 Å². The molecule has 1 aliphatic heterocycles. The molecular weight excluding hydrogens is 432 g/mol. The molecule has 0 bridgehead atoms. The number of aromatic hydroxyl groups is 1. The van der Waals surface area contributed by atoms with Gasteiger partial charge in [-0.25, -0.2) is 0 Å². The number of phenolic OH excluding ortho intramolecular Hbond substituents is 1. The lowest BCUT2D eigenvalue weighted by Gasteiger charge is -2.37. The van der Waals surface area contributed by atoms with Crippen LogP contribution < -0.4 is 4.90 Å². The Labute approximate surface area is 160 Å². The molecule has 0 saturated carbocycles. The van der Waals surface area contributed by atoms with Crippen LogP contribution >= 0.6 is 31.9 Å². The number of piperazine rings is 1. The van der Waals surface area contributed by atoms with Gasteiger partial charge in [0.2, 0.25) is 0 Å². The lowest BCUT2D eigenvalue weighted by molar-refractivity contribution is 0.246. The first-order chi connectivity index (χ1) is 11.5. The second-order valence-electron chi connectivity index (χ2n) is 6.38. The number of hydrogen-bond acceptors (Lipinski definition) is 3. The maximum absolute atomic E-state index is 10.2. The van der Waals surface area contributed by atoms with Crippen molar-refractivity contribution in [3.05, 3.63) is 56.0 Å². The van der Waals surface area contributed by atoms with Crippen LogP contribution in [-0.4, -0.2) is 36.2 Å². The summed E-state index contributed by atoms with van der Waals surface area (Å²) in [4.78, 5) is 4.87. The predicted octanol–water partition coefficient (Wildman–Crippen LogP) is 4.86. The van der Waals surface area contributed by atoms with Crippen molar-refractivity contribution < 1.29 is 5.11 Å². The summed E-state index contributed by atoms with van der Waals surface area (Å²) in [6.07, 6.45) is 0. The minimum atomic E-state index is 0.343. The van der Waals surface area contributed by atoms with E-state index in [1.54, 1.807) is 0 Å². The molecule has 128 valence electrons. The summed E-state index contributed by atoms with van der Waals surface area (Å²) >= 11 is 6.91. The molecule has 0 unspecified atom stereocenters. The molecule has 3 rings (SSSR count). The van der Waals surface area contributed by atoms with Gasteiger partial charge in [0.1, 0.15) is 5.75 Å². The zero-order valence-electron chi connectivity index (χ0n) is 14.0. The average Bonchev–Trinajstić information content (AvgIpc) is 2.55. The van der Waals surface area contributed by atoms with Crippen molar-refractivity contribution in [1.29, 1.82) is 0 Å². The number of phenols is 1. The van der Waals surface area contributed by atoms with Gasteiger partial charge in [-0.05, 0) is 59.1 Å². The lowest BCUT2D eigenvalue weighted by atomic mass is 10.1. The van der Waals surface area contributed by atoms with Crippen LogP contribution in [-0.2, 0) is 6.54 Å².